The summed E-state index contributed by atoms with van der Waals surface area (Å²) >= 11 is 0. The van der Waals surface area contributed by atoms with E-state index in [-0.39, 0.29) is 18.6 Å². The van der Waals surface area contributed by atoms with E-state index in [1.54, 1.807) is 36.4 Å². The number of para-hydroxylation sites is 1. The smallest absolute Gasteiger partial charge is 0.261 e. The number of furan rings is 1. The lowest BCUT2D eigenvalue weighted by molar-refractivity contribution is -0.123. The molecular formula is C17H17N3O4. The van der Waals surface area contributed by atoms with Crippen LogP contribution in [-0.4, -0.2) is 27.1 Å². The quantitative estimate of drug-likeness (QED) is 0.729. The number of amides is 1. The van der Waals surface area contributed by atoms with Crippen molar-refractivity contribution in [3.05, 3.63) is 65.1 Å². The average Bonchev–Trinajstić information content (AvgIpc) is 3.11. The highest BCUT2D eigenvalue weighted by Crippen LogP contribution is 2.19. The van der Waals surface area contributed by atoms with Crippen molar-refractivity contribution in [2.24, 2.45) is 0 Å². The van der Waals surface area contributed by atoms with Crippen molar-refractivity contribution in [1.82, 2.24) is 14.9 Å². The molecule has 3 rings (SSSR count). The summed E-state index contributed by atoms with van der Waals surface area (Å²) in [7, 11) is 0. The van der Waals surface area contributed by atoms with E-state index < -0.39 is 11.5 Å². The summed E-state index contributed by atoms with van der Waals surface area (Å²) in [6.07, 6.45) is 2.79. The summed E-state index contributed by atoms with van der Waals surface area (Å²) in [6.45, 7) is 1.33. The Bertz CT molecular complexity index is 913. The van der Waals surface area contributed by atoms with E-state index in [1.807, 2.05) is 0 Å². The molecule has 0 spiro atoms. The van der Waals surface area contributed by atoms with Crippen LogP contribution in [0.4, 0.5) is 0 Å². The molecule has 0 saturated heterocycles. The highest BCUT2D eigenvalue weighted by atomic mass is 16.4. The topological polar surface area (TPSA) is 97.4 Å². The maximum Gasteiger partial charge on any atom is 0.261 e. The molecule has 2 N–H and O–H groups in total. The van der Waals surface area contributed by atoms with Crippen LogP contribution >= 0.6 is 0 Å². The van der Waals surface area contributed by atoms with Gasteiger partial charge in [-0.3, -0.25) is 14.2 Å². The van der Waals surface area contributed by atoms with E-state index in [4.69, 9.17) is 4.42 Å². The van der Waals surface area contributed by atoms with Gasteiger partial charge in [-0.15, -0.1) is 0 Å². The largest absolute Gasteiger partial charge is 0.466 e. The van der Waals surface area contributed by atoms with Gasteiger partial charge in [0.15, 0.2) is 0 Å². The number of nitrogens with zero attached hydrogens (tertiary/aromatic N) is 2. The van der Waals surface area contributed by atoms with Gasteiger partial charge in [0.05, 0.1) is 30.0 Å². The molecule has 7 nitrogen and oxygen atoms in total. The van der Waals surface area contributed by atoms with E-state index >= 15 is 0 Å². The average molecular weight is 327 g/mol. The normalized spacial score (nSPS) is 13.6. The molecule has 0 aliphatic heterocycles. The number of benzene rings is 1. The van der Waals surface area contributed by atoms with E-state index in [0.29, 0.717) is 16.7 Å². The number of hydrogen-bond acceptors (Lipinski definition) is 5. The fourth-order valence-electron chi connectivity index (χ4n) is 2.37. The van der Waals surface area contributed by atoms with Crippen molar-refractivity contribution in [3.63, 3.8) is 0 Å². The van der Waals surface area contributed by atoms with Gasteiger partial charge in [-0.1, -0.05) is 12.1 Å². The monoisotopic (exact) mass is 327 g/mol. The standard InChI is InChI=1S/C17H17N3O4/c1-17(23,14-7-4-8-24-14)10-18-15(21)9-20-11-19-13-6-3-2-5-12(13)16(20)22/h2-8,11,23H,9-10H2,1H3,(H,18,21). The molecule has 2 heterocycles. The Kier molecular flexibility index (Phi) is 4.18. The second kappa shape index (κ2) is 6.29. The molecule has 1 unspecified atom stereocenters. The lowest BCUT2D eigenvalue weighted by atomic mass is 10.0. The summed E-state index contributed by atoms with van der Waals surface area (Å²) in [5.74, 6) is -0.0478. The summed E-state index contributed by atoms with van der Waals surface area (Å²) in [4.78, 5) is 28.6. The maximum absolute atomic E-state index is 12.3. The molecule has 1 amide bonds. The molecule has 1 atom stereocenters. The van der Waals surface area contributed by atoms with E-state index in [9.17, 15) is 14.7 Å². The first-order valence-electron chi connectivity index (χ1n) is 7.44. The van der Waals surface area contributed by atoms with Crippen molar-refractivity contribution in [2.45, 2.75) is 19.1 Å². The zero-order valence-electron chi connectivity index (χ0n) is 13.1. The van der Waals surface area contributed by atoms with Crippen LogP contribution in [0.1, 0.15) is 12.7 Å². The Balaban J connectivity index is 1.69. The van der Waals surface area contributed by atoms with Crippen LogP contribution in [0.15, 0.2) is 58.2 Å². The number of hydrogen-bond donors (Lipinski definition) is 2. The van der Waals surface area contributed by atoms with Gasteiger partial charge in [0.2, 0.25) is 5.91 Å². The molecule has 0 bridgehead atoms. The second-order valence-corrected chi connectivity index (χ2v) is 5.72. The SMILES string of the molecule is CC(O)(CNC(=O)Cn1cnc2ccccc2c1=O)c1ccco1. The van der Waals surface area contributed by atoms with Crippen molar-refractivity contribution in [2.75, 3.05) is 6.54 Å². The molecule has 3 aromatic rings. The lowest BCUT2D eigenvalue weighted by Crippen LogP contribution is -2.40. The Morgan fingerprint density at radius 3 is 2.88 bits per heavy atom. The van der Waals surface area contributed by atoms with Gasteiger partial charge in [0.25, 0.3) is 5.56 Å². The van der Waals surface area contributed by atoms with Crippen LogP contribution in [0, 0.1) is 0 Å². The maximum atomic E-state index is 12.3. The van der Waals surface area contributed by atoms with Gasteiger partial charge < -0.3 is 14.8 Å². The predicted octanol–water partition coefficient (Wildman–Crippen LogP) is 1.01. The van der Waals surface area contributed by atoms with Gasteiger partial charge >= 0.3 is 0 Å². The number of fused-ring (bicyclic) bond motifs is 1. The molecule has 0 radical (unpaired) electrons. The number of carbonyl (C=O) groups excluding carboxylic acids is 1. The summed E-state index contributed by atoms with van der Waals surface area (Å²) < 4.78 is 6.39. The fraction of sp³-hybridized carbons (Fsp3) is 0.235. The third-order valence-corrected chi connectivity index (χ3v) is 3.73. The lowest BCUT2D eigenvalue weighted by Gasteiger charge is -2.21. The molecule has 0 saturated carbocycles. The van der Waals surface area contributed by atoms with Crippen LogP contribution in [0.3, 0.4) is 0 Å². The molecule has 0 aliphatic rings. The number of nitrogens with one attached hydrogen (secondary N) is 1. The molecule has 1 aromatic carbocycles. The molecule has 2 aromatic heterocycles. The van der Waals surface area contributed by atoms with E-state index in [0.717, 1.165) is 0 Å². The first-order valence-corrected chi connectivity index (χ1v) is 7.44. The van der Waals surface area contributed by atoms with Crippen molar-refractivity contribution < 1.29 is 14.3 Å². The van der Waals surface area contributed by atoms with Gasteiger partial charge in [0.1, 0.15) is 17.9 Å². The van der Waals surface area contributed by atoms with Crippen LogP contribution in [-0.2, 0) is 16.9 Å². The van der Waals surface area contributed by atoms with E-state index in [1.165, 1.54) is 24.1 Å². The highest BCUT2D eigenvalue weighted by molar-refractivity contribution is 5.78. The molecular weight excluding hydrogens is 310 g/mol. The fourth-order valence-corrected chi connectivity index (χ4v) is 2.37. The Hall–Kier alpha value is -2.93. The molecule has 24 heavy (non-hydrogen) atoms. The molecule has 0 fully saturated rings. The van der Waals surface area contributed by atoms with Crippen LogP contribution in [0.25, 0.3) is 10.9 Å². The zero-order valence-corrected chi connectivity index (χ0v) is 13.1. The Morgan fingerprint density at radius 2 is 2.12 bits per heavy atom. The predicted molar refractivity (Wildman–Crippen MR) is 87.3 cm³/mol. The summed E-state index contributed by atoms with van der Waals surface area (Å²) in [6, 6.07) is 10.2. The number of aromatic nitrogens is 2. The van der Waals surface area contributed by atoms with Gasteiger partial charge in [-0.2, -0.15) is 0 Å². The molecule has 7 heteroatoms. The first kappa shape index (κ1) is 15.9. The summed E-state index contributed by atoms with van der Waals surface area (Å²) in [5, 5.41) is 13.3. The van der Waals surface area contributed by atoms with Crippen LogP contribution in [0.2, 0.25) is 0 Å². The van der Waals surface area contributed by atoms with Gasteiger partial charge in [-0.25, -0.2) is 4.98 Å². The van der Waals surface area contributed by atoms with Crippen LogP contribution in [0.5, 0.6) is 0 Å². The van der Waals surface area contributed by atoms with Crippen LogP contribution < -0.4 is 10.9 Å². The van der Waals surface area contributed by atoms with Gasteiger partial charge in [-0.05, 0) is 31.2 Å². The minimum Gasteiger partial charge on any atom is -0.466 e. The van der Waals surface area contributed by atoms with E-state index in [2.05, 4.69) is 10.3 Å². The minimum absolute atomic E-state index is 0.0326. The molecule has 124 valence electrons. The third-order valence-electron chi connectivity index (χ3n) is 3.73. The molecule has 0 aliphatic carbocycles. The van der Waals surface area contributed by atoms with Gasteiger partial charge in [0, 0.05) is 0 Å². The van der Waals surface area contributed by atoms with Crippen molar-refractivity contribution >= 4 is 16.8 Å². The number of carbonyl (C=O) groups is 1. The minimum atomic E-state index is -1.33. The second-order valence-electron chi connectivity index (χ2n) is 5.72. The summed E-state index contributed by atoms with van der Waals surface area (Å²) in [5.41, 5.74) is -1.03. The Morgan fingerprint density at radius 1 is 1.33 bits per heavy atom. The number of aliphatic hydroxyl groups is 1. The van der Waals surface area contributed by atoms with Crippen molar-refractivity contribution in [3.8, 4) is 0 Å². The van der Waals surface area contributed by atoms with Crippen molar-refractivity contribution in [1.29, 1.82) is 0 Å². The third kappa shape index (κ3) is 3.21. The highest BCUT2D eigenvalue weighted by Gasteiger charge is 2.26. The Labute approximate surface area is 137 Å². The zero-order chi connectivity index (χ0) is 17.2. The first-order chi connectivity index (χ1) is 11.5. The number of rotatable bonds is 5.